The molecule has 2 bridgehead atoms. The smallest absolute Gasteiger partial charge is 0.267 e. The first kappa shape index (κ1) is 9.77. The van der Waals surface area contributed by atoms with Gasteiger partial charge in [-0.25, -0.2) is 0 Å². The number of aryl methyl sites for hydroxylation is 1. The number of piperidine rings is 3. The first-order valence-electron chi connectivity index (χ1n) is 6.46. The molecule has 90 valence electrons. The van der Waals surface area contributed by atoms with Gasteiger partial charge in [-0.2, -0.15) is 0 Å². The second-order valence-corrected chi connectivity index (χ2v) is 5.52. The topological polar surface area (TPSA) is 21.7 Å². The average Bonchev–Trinajstić information content (AvgIpc) is 2.67. The molecule has 1 spiro atoms. The summed E-state index contributed by atoms with van der Waals surface area (Å²) in [5.74, 6) is 2.02. The molecular formula is C14H17NO2. The van der Waals surface area contributed by atoms with Crippen molar-refractivity contribution in [3.8, 4) is 11.5 Å². The molecule has 0 aliphatic carbocycles. The molecule has 3 heteroatoms. The number of hydrogen-bond donors (Lipinski definition) is 0. The lowest BCUT2D eigenvalue weighted by Gasteiger charge is -2.48. The van der Waals surface area contributed by atoms with Crippen LogP contribution in [0.5, 0.6) is 11.5 Å². The van der Waals surface area contributed by atoms with Gasteiger partial charge in [0.05, 0.1) is 6.54 Å². The molecule has 1 unspecified atom stereocenters. The molecule has 4 aliphatic rings. The minimum Gasteiger partial charge on any atom is -0.447 e. The van der Waals surface area contributed by atoms with Crippen molar-refractivity contribution in [3.63, 3.8) is 0 Å². The SMILES string of the molecule is Cc1ccc2c(c1)OC1(CN3CCC1CC3)O2. The Bertz CT molecular complexity index is 465. The summed E-state index contributed by atoms with van der Waals surface area (Å²) in [7, 11) is 0. The zero-order chi connectivity index (χ0) is 11.5. The Balaban J connectivity index is 1.71. The fraction of sp³-hybridized carbons (Fsp3) is 0.571. The van der Waals surface area contributed by atoms with E-state index >= 15 is 0 Å². The van der Waals surface area contributed by atoms with Gasteiger partial charge in [-0.15, -0.1) is 0 Å². The highest BCUT2D eigenvalue weighted by Crippen LogP contribution is 2.48. The van der Waals surface area contributed by atoms with Crippen LogP contribution in [0.15, 0.2) is 18.2 Å². The quantitative estimate of drug-likeness (QED) is 0.683. The first-order chi connectivity index (χ1) is 8.25. The maximum atomic E-state index is 6.19. The molecule has 0 aromatic heterocycles. The Morgan fingerprint density at radius 2 is 1.94 bits per heavy atom. The standard InChI is InChI=1S/C14H17NO2/c1-10-2-3-12-13(8-10)17-14(16-12)9-15-6-4-11(14)5-7-15/h2-3,8,11H,4-7,9H2,1H3. The first-order valence-corrected chi connectivity index (χ1v) is 6.46. The summed E-state index contributed by atoms with van der Waals surface area (Å²) >= 11 is 0. The second kappa shape index (κ2) is 3.16. The van der Waals surface area contributed by atoms with Crippen molar-refractivity contribution in [2.24, 2.45) is 5.92 Å². The lowest BCUT2D eigenvalue weighted by Crippen LogP contribution is -2.63. The summed E-state index contributed by atoms with van der Waals surface area (Å²) in [6, 6.07) is 6.21. The van der Waals surface area contributed by atoms with Gasteiger partial charge in [-0.3, -0.25) is 4.90 Å². The summed E-state index contributed by atoms with van der Waals surface area (Å²) in [4.78, 5) is 2.46. The van der Waals surface area contributed by atoms with Crippen molar-refractivity contribution in [1.29, 1.82) is 0 Å². The van der Waals surface area contributed by atoms with E-state index in [1.165, 1.54) is 31.5 Å². The monoisotopic (exact) mass is 231 g/mol. The van der Waals surface area contributed by atoms with E-state index in [1.54, 1.807) is 0 Å². The molecule has 4 aliphatic heterocycles. The summed E-state index contributed by atoms with van der Waals surface area (Å²) in [5, 5.41) is 0. The minimum atomic E-state index is -0.382. The van der Waals surface area contributed by atoms with Gasteiger partial charge in [-0.05, 0) is 50.6 Å². The maximum absolute atomic E-state index is 6.19. The largest absolute Gasteiger partial charge is 0.447 e. The Labute approximate surface area is 101 Å². The predicted octanol–water partition coefficient (Wildman–Crippen LogP) is 2.19. The van der Waals surface area contributed by atoms with Crippen LogP contribution in [-0.4, -0.2) is 30.3 Å². The van der Waals surface area contributed by atoms with Gasteiger partial charge in [0, 0.05) is 5.92 Å². The third-order valence-corrected chi connectivity index (χ3v) is 4.32. The fourth-order valence-electron chi connectivity index (χ4n) is 3.38. The molecule has 4 heterocycles. The van der Waals surface area contributed by atoms with E-state index in [1.807, 2.05) is 6.07 Å². The van der Waals surface area contributed by atoms with Crippen LogP contribution < -0.4 is 9.47 Å². The maximum Gasteiger partial charge on any atom is 0.267 e. The molecule has 1 aromatic rings. The molecular weight excluding hydrogens is 214 g/mol. The molecule has 1 atom stereocenters. The highest BCUT2D eigenvalue weighted by molar-refractivity contribution is 5.46. The van der Waals surface area contributed by atoms with Gasteiger partial charge in [-0.1, -0.05) is 6.07 Å². The molecule has 5 rings (SSSR count). The Morgan fingerprint density at radius 1 is 1.18 bits per heavy atom. The molecule has 3 nitrogen and oxygen atoms in total. The van der Waals surface area contributed by atoms with E-state index in [-0.39, 0.29) is 5.79 Å². The van der Waals surface area contributed by atoms with Crippen molar-refractivity contribution in [2.75, 3.05) is 19.6 Å². The lowest BCUT2D eigenvalue weighted by atomic mass is 9.83. The van der Waals surface area contributed by atoms with Crippen LogP contribution in [0.2, 0.25) is 0 Å². The molecule has 3 fully saturated rings. The molecule has 0 saturated carbocycles. The average molecular weight is 231 g/mol. The van der Waals surface area contributed by atoms with Crippen LogP contribution in [0.3, 0.4) is 0 Å². The number of benzene rings is 1. The number of hydrogen-bond acceptors (Lipinski definition) is 3. The van der Waals surface area contributed by atoms with Crippen LogP contribution in [0.4, 0.5) is 0 Å². The van der Waals surface area contributed by atoms with E-state index in [4.69, 9.17) is 9.47 Å². The van der Waals surface area contributed by atoms with Gasteiger partial charge >= 0.3 is 0 Å². The van der Waals surface area contributed by atoms with Crippen LogP contribution in [-0.2, 0) is 0 Å². The van der Waals surface area contributed by atoms with Gasteiger partial charge in [0.25, 0.3) is 5.79 Å². The van der Waals surface area contributed by atoms with Gasteiger partial charge in [0.2, 0.25) is 0 Å². The molecule has 0 N–H and O–H groups in total. The van der Waals surface area contributed by atoms with Gasteiger partial charge in [0.1, 0.15) is 0 Å². The Hall–Kier alpha value is -1.22. The van der Waals surface area contributed by atoms with Crippen molar-refractivity contribution in [1.82, 2.24) is 4.90 Å². The number of rotatable bonds is 0. The molecule has 1 aromatic carbocycles. The van der Waals surface area contributed by atoms with Crippen molar-refractivity contribution in [3.05, 3.63) is 23.8 Å². The van der Waals surface area contributed by atoms with Crippen molar-refractivity contribution >= 4 is 0 Å². The Morgan fingerprint density at radius 3 is 2.65 bits per heavy atom. The summed E-state index contributed by atoms with van der Waals surface area (Å²) in [6.45, 7) is 5.42. The highest BCUT2D eigenvalue weighted by Gasteiger charge is 2.54. The van der Waals surface area contributed by atoms with E-state index in [9.17, 15) is 0 Å². The summed E-state index contributed by atoms with van der Waals surface area (Å²) in [5.41, 5.74) is 1.23. The molecule has 0 amide bonds. The minimum absolute atomic E-state index is 0.382. The normalized spacial score (nSPS) is 37.7. The summed E-state index contributed by atoms with van der Waals surface area (Å²) in [6.07, 6.45) is 2.40. The fourth-order valence-corrected chi connectivity index (χ4v) is 3.38. The van der Waals surface area contributed by atoms with Gasteiger partial charge < -0.3 is 9.47 Å². The van der Waals surface area contributed by atoms with Crippen LogP contribution in [0.25, 0.3) is 0 Å². The predicted molar refractivity (Wildman–Crippen MR) is 64.3 cm³/mol. The van der Waals surface area contributed by atoms with E-state index in [0.29, 0.717) is 5.92 Å². The van der Waals surface area contributed by atoms with Crippen molar-refractivity contribution in [2.45, 2.75) is 25.6 Å². The van der Waals surface area contributed by atoms with E-state index < -0.39 is 0 Å². The second-order valence-electron chi connectivity index (χ2n) is 5.52. The van der Waals surface area contributed by atoms with Crippen molar-refractivity contribution < 1.29 is 9.47 Å². The van der Waals surface area contributed by atoms with E-state index in [0.717, 1.165) is 18.0 Å². The lowest BCUT2D eigenvalue weighted by molar-refractivity contribution is -0.189. The number of fused-ring (bicyclic) bond motifs is 3. The molecule has 3 saturated heterocycles. The van der Waals surface area contributed by atoms with Crippen LogP contribution >= 0.6 is 0 Å². The highest BCUT2D eigenvalue weighted by atomic mass is 16.7. The Kier molecular flexibility index (Phi) is 1.82. The third-order valence-electron chi connectivity index (χ3n) is 4.32. The zero-order valence-corrected chi connectivity index (χ0v) is 10.1. The number of nitrogens with zero attached hydrogens (tertiary/aromatic N) is 1. The third kappa shape index (κ3) is 1.32. The van der Waals surface area contributed by atoms with Gasteiger partial charge in [0.15, 0.2) is 11.5 Å². The van der Waals surface area contributed by atoms with Crippen LogP contribution in [0.1, 0.15) is 18.4 Å². The van der Waals surface area contributed by atoms with Crippen LogP contribution in [0, 0.1) is 12.8 Å². The van der Waals surface area contributed by atoms with E-state index in [2.05, 4.69) is 24.0 Å². The summed E-state index contributed by atoms with van der Waals surface area (Å²) < 4.78 is 12.3. The molecule has 0 radical (unpaired) electrons. The zero-order valence-electron chi connectivity index (χ0n) is 10.1. The number of ether oxygens (including phenoxy) is 2. The molecule has 17 heavy (non-hydrogen) atoms.